The standard InChI is InChI=1S/C19H21ClFN3O/c1-12-3-2-4-18(22-12)23-14-6-8-15(9-7-14)24-19(25)13-5-10-17(21)16(20)11-13/h2-5,10-11,14-15H,6-9H2,1H3,(H,22,23)(H,24,25). The second-order valence-corrected chi connectivity index (χ2v) is 6.87. The molecule has 1 aromatic heterocycles. The molecule has 0 bridgehead atoms. The van der Waals surface area contributed by atoms with Gasteiger partial charge in [0.2, 0.25) is 0 Å². The summed E-state index contributed by atoms with van der Waals surface area (Å²) < 4.78 is 13.2. The van der Waals surface area contributed by atoms with Crippen LogP contribution in [0.15, 0.2) is 36.4 Å². The first-order chi connectivity index (χ1) is 12.0. The molecule has 0 atom stereocenters. The van der Waals surface area contributed by atoms with Gasteiger partial charge in [0.15, 0.2) is 0 Å². The molecule has 1 aromatic carbocycles. The minimum atomic E-state index is -0.519. The highest BCUT2D eigenvalue weighted by atomic mass is 35.5. The van der Waals surface area contributed by atoms with Crippen molar-refractivity contribution in [3.05, 3.63) is 58.5 Å². The Morgan fingerprint density at radius 1 is 1.16 bits per heavy atom. The number of aryl methyl sites for hydroxylation is 1. The van der Waals surface area contributed by atoms with Gasteiger partial charge in [-0.05, 0) is 62.9 Å². The molecule has 3 rings (SSSR count). The van der Waals surface area contributed by atoms with Gasteiger partial charge in [0.25, 0.3) is 5.91 Å². The van der Waals surface area contributed by atoms with Crippen LogP contribution in [-0.2, 0) is 0 Å². The quantitative estimate of drug-likeness (QED) is 0.851. The number of carbonyl (C=O) groups is 1. The van der Waals surface area contributed by atoms with Gasteiger partial charge in [-0.1, -0.05) is 17.7 Å². The molecule has 132 valence electrons. The number of anilines is 1. The van der Waals surface area contributed by atoms with Gasteiger partial charge in [-0.15, -0.1) is 0 Å². The van der Waals surface area contributed by atoms with Crippen molar-refractivity contribution < 1.29 is 9.18 Å². The highest BCUT2D eigenvalue weighted by Gasteiger charge is 2.23. The van der Waals surface area contributed by atoms with E-state index < -0.39 is 5.82 Å². The Kier molecular flexibility index (Phi) is 5.53. The number of aromatic nitrogens is 1. The molecule has 25 heavy (non-hydrogen) atoms. The predicted octanol–water partition coefficient (Wildman–Crippen LogP) is 4.34. The van der Waals surface area contributed by atoms with E-state index in [0.29, 0.717) is 11.6 Å². The number of carbonyl (C=O) groups excluding carboxylic acids is 1. The molecule has 0 radical (unpaired) electrons. The third-order valence-electron chi connectivity index (χ3n) is 4.48. The Balaban J connectivity index is 1.50. The van der Waals surface area contributed by atoms with Crippen molar-refractivity contribution >= 4 is 23.3 Å². The summed E-state index contributed by atoms with van der Waals surface area (Å²) in [6.07, 6.45) is 3.71. The molecule has 0 unspecified atom stereocenters. The van der Waals surface area contributed by atoms with Crippen LogP contribution in [0.25, 0.3) is 0 Å². The number of hydrogen-bond donors (Lipinski definition) is 2. The molecular weight excluding hydrogens is 341 g/mol. The maximum atomic E-state index is 13.2. The van der Waals surface area contributed by atoms with Gasteiger partial charge in [-0.3, -0.25) is 4.79 Å². The number of rotatable bonds is 4. The molecular formula is C19H21ClFN3O. The Labute approximate surface area is 151 Å². The van der Waals surface area contributed by atoms with Crippen LogP contribution in [-0.4, -0.2) is 23.0 Å². The summed E-state index contributed by atoms with van der Waals surface area (Å²) in [6.45, 7) is 1.97. The molecule has 6 heteroatoms. The van der Waals surface area contributed by atoms with Gasteiger partial charge in [-0.2, -0.15) is 0 Å². The topological polar surface area (TPSA) is 54.0 Å². The number of hydrogen-bond acceptors (Lipinski definition) is 3. The first-order valence-electron chi connectivity index (χ1n) is 8.47. The monoisotopic (exact) mass is 361 g/mol. The van der Waals surface area contributed by atoms with Crippen molar-refractivity contribution in [2.75, 3.05) is 5.32 Å². The zero-order valence-corrected chi connectivity index (χ0v) is 14.8. The molecule has 0 aliphatic heterocycles. The van der Waals surface area contributed by atoms with Crippen LogP contribution < -0.4 is 10.6 Å². The first kappa shape index (κ1) is 17.7. The van der Waals surface area contributed by atoms with Gasteiger partial charge >= 0.3 is 0 Å². The normalized spacial score (nSPS) is 20.1. The average molecular weight is 362 g/mol. The molecule has 1 aliphatic carbocycles. The molecule has 0 saturated heterocycles. The number of halogens is 2. The first-order valence-corrected chi connectivity index (χ1v) is 8.85. The maximum absolute atomic E-state index is 13.2. The summed E-state index contributed by atoms with van der Waals surface area (Å²) in [6, 6.07) is 10.5. The van der Waals surface area contributed by atoms with Crippen LogP contribution in [0.3, 0.4) is 0 Å². The Hall–Kier alpha value is -2.14. The third kappa shape index (κ3) is 4.69. The maximum Gasteiger partial charge on any atom is 0.251 e. The van der Waals surface area contributed by atoms with Crippen molar-refractivity contribution in [2.45, 2.75) is 44.7 Å². The fourth-order valence-electron chi connectivity index (χ4n) is 3.12. The zero-order chi connectivity index (χ0) is 17.8. The van der Waals surface area contributed by atoms with E-state index in [9.17, 15) is 9.18 Å². The molecule has 4 nitrogen and oxygen atoms in total. The molecule has 1 saturated carbocycles. The summed E-state index contributed by atoms with van der Waals surface area (Å²) in [4.78, 5) is 16.7. The summed E-state index contributed by atoms with van der Waals surface area (Å²) in [5.74, 6) is 0.168. The van der Waals surface area contributed by atoms with Crippen molar-refractivity contribution in [2.24, 2.45) is 0 Å². The fraction of sp³-hybridized carbons (Fsp3) is 0.368. The lowest BCUT2D eigenvalue weighted by Gasteiger charge is -2.30. The summed E-state index contributed by atoms with van der Waals surface area (Å²) >= 11 is 5.74. The van der Waals surface area contributed by atoms with Crippen LogP contribution in [0.5, 0.6) is 0 Å². The highest BCUT2D eigenvalue weighted by Crippen LogP contribution is 2.22. The van der Waals surface area contributed by atoms with E-state index in [1.165, 1.54) is 18.2 Å². The van der Waals surface area contributed by atoms with Crippen LogP contribution in [0.2, 0.25) is 5.02 Å². The lowest BCUT2D eigenvalue weighted by Crippen LogP contribution is -2.40. The van der Waals surface area contributed by atoms with Crippen LogP contribution in [0, 0.1) is 12.7 Å². The Morgan fingerprint density at radius 2 is 1.88 bits per heavy atom. The van der Waals surface area contributed by atoms with Crippen molar-refractivity contribution in [1.82, 2.24) is 10.3 Å². The summed E-state index contributed by atoms with van der Waals surface area (Å²) in [5.41, 5.74) is 1.37. The lowest BCUT2D eigenvalue weighted by molar-refractivity contribution is 0.0926. The second kappa shape index (κ2) is 7.83. The predicted molar refractivity (Wildman–Crippen MR) is 97.5 cm³/mol. The van der Waals surface area contributed by atoms with Crippen LogP contribution in [0.1, 0.15) is 41.7 Å². The van der Waals surface area contributed by atoms with E-state index in [4.69, 9.17) is 11.6 Å². The van der Waals surface area contributed by atoms with Gasteiger partial charge in [0, 0.05) is 23.3 Å². The lowest BCUT2D eigenvalue weighted by atomic mass is 9.91. The van der Waals surface area contributed by atoms with E-state index >= 15 is 0 Å². The highest BCUT2D eigenvalue weighted by molar-refractivity contribution is 6.31. The van der Waals surface area contributed by atoms with E-state index in [0.717, 1.165) is 37.2 Å². The van der Waals surface area contributed by atoms with E-state index in [1.807, 2.05) is 25.1 Å². The van der Waals surface area contributed by atoms with E-state index in [2.05, 4.69) is 15.6 Å². The number of pyridine rings is 1. The molecule has 1 fully saturated rings. The fourth-order valence-corrected chi connectivity index (χ4v) is 3.30. The van der Waals surface area contributed by atoms with Crippen molar-refractivity contribution in [3.63, 3.8) is 0 Å². The van der Waals surface area contributed by atoms with Gasteiger partial charge in [0.1, 0.15) is 11.6 Å². The SMILES string of the molecule is Cc1cccc(NC2CCC(NC(=O)c3ccc(F)c(Cl)c3)CC2)n1. The van der Waals surface area contributed by atoms with Gasteiger partial charge in [-0.25, -0.2) is 9.37 Å². The van der Waals surface area contributed by atoms with Crippen molar-refractivity contribution in [3.8, 4) is 0 Å². The molecule has 2 N–H and O–H groups in total. The minimum Gasteiger partial charge on any atom is -0.367 e. The minimum absolute atomic E-state index is 0.0359. The Morgan fingerprint density at radius 3 is 2.56 bits per heavy atom. The molecule has 0 spiro atoms. The van der Waals surface area contributed by atoms with Gasteiger partial charge in [0.05, 0.1) is 5.02 Å². The molecule has 2 aromatic rings. The van der Waals surface area contributed by atoms with Crippen molar-refractivity contribution in [1.29, 1.82) is 0 Å². The second-order valence-electron chi connectivity index (χ2n) is 6.46. The number of nitrogens with one attached hydrogen (secondary N) is 2. The van der Waals surface area contributed by atoms with E-state index in [-0.39, 0.29) is 17.0 Å². The van der Waals surface area contributed by atoms with Crippen LogP contribution >= 0.6 is 11.6 Å². The average Bonchev–Trinajstić information content (AvgIpc) is 2.59. The van der Waals surface area contributed by atoms with Gasteiger partial charge < -0.3 is 10.6 Å². The summed E-state index contributed by atoms with van der Waals surface area (Å²) in [7, 11) is 0. The van der Waals surface area contributed by atoms with Crippen LogP contribution in [0.4, 0.5) is 10.2 Å². The Bertz CT molecular complexity index is 760. The third-order valence-corrected chi connectivity index (χ3v) is 4.77. The largest absolute Gasteiger partial charge is 0.367 e. The molecule has 1 amide bonds. The summed E-state index contributed by atoms with van der Waals surface area (Å²) in [5, 5.41) is 6.43. The molecule has 1 aliphatic rings. The smallest absolute Gasteiger partial charge is 0.251 e. The number of nitrogens with zero attached hydrogens (tertiary/aromatic N) is 1. The number of amides is 1. The zero-order valence-electron chi connectivity index (χ0n) is 14.1. The molecule has 1 heterocycles. The van der Waals surface area contributed by atoms with E-state index in [1.54, 1.807) is 0 Å². The number of benzene rings is 1.